The number of nitrogens with one attached hydrogen (secondary N) is 2. The van der Waals surface area contributed by atoms with Gasteiger partial charge in [-0.2, -0.15) is 0 Å². The predicted octanol–water partition coefficient (Wildman–Crippen LogP) is -0.259. The van der Waals surface area contributed by atoms with Gasteiger partial charge in [-0.3, -0.25) is 19.2 Å². The lowest BCUT2D eigenvalue weighted by Gasteiger charge is -2.34. The van der Waals surface area contributed by atoms with E-state index in [-0.39, 0.29) is 36.5 Å². The molecule has 5 rings (SSSR count). The third-order valence-electron chi connectivity index (χ3n) is 6.95. The molecule has 4 amide bonds. The highest BCUT2D eigenvalue weighted by Crippen LogP contribution is 2.26. The molecule has 2 aromatic rings. The highest BCUT2D eigenvalue weighted by atomic mass is 35.5. The maximum Gasteiger partial charge on any atom is 0.292 e. The van der Waals surface area contributed by atoms with Gasteiger partial charge in [-0.15, -0.1) is 0 Å². The number of benzene rings is 2. The standard InChI is InChI=1S/C24H22Cl2N4O4/c25-15-3-1-5-17(11-15)29-21(31)13-19(23(29)33)27-7-9-28(10-8-27)20-14-22(32)30(24(20)34)18-6-2-4-16(26)12-18/h1-6,11-12,19-20H,7-10,13-14H2/p+2/t19-,20-/m1/s1. The van der Waals surface area contributed by atoms with Gasteiger partial charge in [0.15, 0.2) is 12.1 Å². The van der Waals surface area contributed by atoms with Gasteiger partial charge in [-0.05, 0) is 36.4 Å². The summed E-state index contributed by atoms with van der Waals surface area (Å²) in [4.78, 5) is 56.0. The fourth-order valence-corrected chi connectivity index (χ4v) is 5.63. The fourth-order valence-electron chi connectivity index (χ4n) is 5.26. The van der Waals surface area contributed by atoms with Gasteiger partial charge in [0.05, 0.1) is 24.2 Å². The van der Waals surface area contributed by atoms with Gasteiger partial charge >= 0.3 is 0 Å². The molecule has 0 aliphatic carbocycles. The molecule has 0 aromatic heterocycles. The predicted molar refractivity (Wildman–Crippen MR) is 126 cm³/mol. The number of imide groups is 2. The van der Waals surface area contributed by atoms with Crippen molar-refractivity contribution >= 4 is 58.2 Å². The Labute approximate surface area is 206 Å². The Balaban J connectivity index is 1.24. The minimum absolute atomic E-state index is 0.152. The Morgan fingerprint density at radius 3 is 1.38 bits per heavy atom. The SMILES string of the molecule is O=C1C[C@@H]([NH+]2CC[NH+]([C@@H]3CC(=O)N(c4cccc(Cl)c4)C3=O)CC2)C(=O)N1c1cccc(Cl)c1. The minimum Gasteiger partial charge on any atom is -0.315 e. The third-order valence-corrected chi connectivity index (χ3v) is 7.42. The van der Waals surface area contributed by atoms with Crippen LogP contribution in [0.25, 0.3) is 0 Å². The summed E-state index contributed by atoms with van der Waals surface area (Å²) in [5.41, 5.74) is 0.981. The zero-order valence-corrected chi connectivity index (χ0v) is 19.8. The van der Waals surface area contributed by atoms with Crippen molar-refractivity contribution in [2.45, 2.75) is 24.9 Å². The molecule has 0 spiro atoms. The summed E-state index contributed by atoms with van der Waals surface area (Å²) < 4.78 is 0. The molecule has 0 bridgehead atoms. The quantitative estimate of drug-likeness (QED) is 0.564. The molecule has 0 saturated carbocycles. The number of anilines is 2. The Morgan fingerprint density at radius 2 is 1.03 bits per heavy atom. The first-order chi connectivity index (χ1) is 16.3. The van der Waals surface area contributed by atoms with Crippen molar-refractivity contribution < 1.29 is 29.0 Å². The zero-order chi connectivity index (χ0) is 24.0. The molecule has 2 N–H and O–H groups in total. The van der Waals surface area contributed by atoms with Gasteiger partial charge in [0.25, 0.3) is 11.8 Å². The number of halogens is 2. The third kappa shape index (κ3) is 4.11. The van der Waals surface area contributed by atoms with Gasteiger partial charge in [-0.1, -0.05) is 35.3 Å². The Bertz CT molecular complexity index is 1090. The topological polar surface area (TPSA) is 83.6 Å². The molecule has 176 valence electrons. The zero-order valence-electron chi connectivity index (χ0n) is 18.3. The van der Waals surface area contributed by atoms with Crippen molar-refractivity contribution in [3.05, 3.63) is 58.6 Å². The van der Waals surface area contributed by atoms with Gasteiger partial charge in [0.1, 0.15) is 26.2 Å². The van der Waals surface area contributed by atoms with Gasteiger partial charge in [0, 0.05) is 10.0 Å². The average molecular weight is 503 g/mol. The monoisotopic (exact) mass is 502 g/mol. The number of quaternary nitrogens is 2. The molecular weight excluding hydrogens is 479 g/mol. The summed E-state index contributed by atoms with van der Waals surface area (Å²) in [6, 6.07) is 12.6. The van der Waals surface area contributed by atoms with Crippen LogP contribution in [0.15, 0.2) is 48.5 Å². The summed E-state index contributed by atoms with van der Waals surface area (Å²) in [5.74, 6) is -0.892. The second-order valence-corrected chi connectivity index (χ2v) is 9.80. The van der Waals surface area contributed by atoms with E-state index in [1.807, 2.05) is 0 Å². The molecule has 3 aliphatic heterocycles. The number of carbonyl (C=O) groups excluding carboxylic acids is 4. The second-order valence-electron chi connectivity index (χ2n) is 8.92. The second kappa shape index (κ2) is 9.11. The van der Waals surface area contributed by atoms with Crippen LogP contribution in [0.3, 0.4) is 0 Å². The molecule has 3 saturated heterocycles. The van der Waals surface area contributed by atoms with E-state index in [0.29, 0.717) is 47.6 Å². The molecule has 8 nitrogen and oxygen atoms in total. The highest BCUT2D eigenvalue weighted by molar-refractivity contribution is 6.32. The lowest BCUT2D eigenvalue weighted by molar-refractivity contribution is -1.02. The number of hydrogen-bond acceptors (Lipinski definition) is 4. The first-order valence-corrected chi connectivity index (χ1v) is 12.0. The summed E-state index contributed by atoms with van der Waals surface area (Å²) in [6.07, 6.45) is 0.304. The molecule has 3 fully saturated rings. The van der Waals surface area contributed by atoms with Gasteiger partial charge in [0.2, 0.25) is 11.8 Å². The first kappa shape index (κ1) is 23.0. The maximum atomic E-state index is 13.1. The molecule has 2 aromatic carbocycles. The van der Waals surface area contributed by atoms with Crippen LogP contribution in [0.5, 0.6) is 0 Å². The van der Waals surface area contributed by atoms with Crippen molar-refractivity contribution in [1.82, 2.24) is 0 Å². The Hall–Kier alpha value is -2.78. The molecule has 2 atom stereocenters. The summed E-state index contributed by atoms with van der Waals surface area (Å²) in [6.45, 7) is 2.55. The van der Waals surface area contributed by atoms with Gasteiger partial charge in [-0.25, -0.2) is 9.80 Å². The van der Waals surface area contributed by atoms with Crippen LogP contribution in [0.2, 0.25) is 10.0 Å². The molecule has 10 heteroatoms. The van der Waals surface area contributed by atoms with E-state index in [1.54, 1.807) is 48.5 Å². The molecule has 3 heterocycles. The van der Waals surface area contributed by atoms with Crippen molar-refractivity contribution in [3.63, 3.8) is 0 Å². The molecule has 0 unspecified atom stereocenters. The van der Waals surface area contributed by atoms with E-state index >= 15 is 0 Å². The molecule has 34 heavy (non-hydrogen) atoms. The van der Waals surface area contributed by atoms with Crippen molar-refractivity contribution in [1.29, 1.82) is 0 Å². The van der Waals surface area contributed by atoms with Crippen LogP contribution in [-0.4, -0.2) is 61.9 Å². The van der Waals surface area contributed by atoms with Crippen LogP contribution in [0, 0.1) is 0 Å². The average Bonchev–Trinajstić information content (AvgIpc) is 3.28. The number of piperazine rings is 1. The Morgan fingerprint density at radius 1 is 0.647 bits per heavy atom. The highest BCUT2D eigenvalue weighted by Gasteiger charge is 2.50. The van der Waals surface area contributed by atoms with E-state index in [2.05, 4.69) is 0 Å². The van der Waals surface area contributed by atoms with E-state index in [9.17, 15) is 19.2 Å². The minimum atomic E-state index is -0.447. The van der Waals surface area contributed by atoms with Crippen molar-refractivity contribution in [3.8, 4) is 0 Å². The van der Waals surface area contributed by atoms with Crippen LogP contribution in [0.1, 0.15) is 12.8 Å². The molecule has 0 radical (unpaired) electrons. The fraction of sp³-hybridized carbons (Fsp3) is 0.333. The van der Waals surface area contributed by atoms with E-state index < -0.39 is 12.1 Å². The number of nitrogens with zero attached hydrogens (tertiary/aromatic N) is 2. The lowest BCUT2D eigenvalue weighted by Crippen LogP contribution is -3.31. The van der Waals surface area contributed by atoms with E-state index in [0.717, 1.165) is 9.80 Å². The number of amides is 4. The van der Waals surface area contributed by atoms with Crippen LogP contribution in [0.4, 0.5) is 11.4 Å². The van der Waals surface area contributed by atoms with Crippen LogP contribution in [-0.2, 0) is 19.2 Å². The lowest BCUT2D eigenvalue weighted by atomic mass is 10.1. The maximum absolute atomic E-state index is 13.1. The van der Waals surface area contributed by atoms with E-state index in [4.69, 9.17) is 23.2 Å². The normalized spacial score (nSPS) is 27.7. The summed E-state index contributed by atoms with van der Waals surface area (Å²) in [7, 11) is 0. The largest absolute Gasteiger partial charge is 0.315 e. The van der Waals surface area contributed by atoms with E-state index in [1.165, 1.54) is 9.80 Å². The van der Waals surface area contributed by atoms with Crippen LogP contribution >= 0.6 is 23.2 Å². The van der Waals surface area contributed by atoms with Crippen molar-refractivity contribution in [2.24, 2.45) is 0 Å². The van der Waals surface area contributed by atoms with Crippen molar-refractivity contribution in [2.75, 3.05) is 36.0 Å². The first-order valence-electron chi connectivity index (χ1n) is 11.3. The molecule has 3 aliphatic rings. The van der Waals surface area contributed by atoms with Gasteiger partial charge < -0.3 is 9.80 Å². The summed E-state index contributed by atoms with van der Waals surface area (Å²) >= 11 is 12.1. The Kier molecular flexibility index (Phi) is 6.16. The smallest absolute Gasteiger partial charge is 0.292 e. The molecular formula is C24H24Cl2N4O4+2. The number of carbonyl (C=O) groups is 4. The summed E-state index contributed by atoms with van der Waals surface area (Å²) in [5, 5.41) is 0.933. The van der Waals surface area contributed by atoms with Crippen LogP contribution < -0.4 is 19.6 Å². The number of rotatable bonds is 4. The number of hydrogen-bond donors (Lipinski definition) is 2.